The topological polar surface area (TPSA) is 39.2 Å². The molecule has 0 fully saturated rings. The molecular weight excluding hydrogens is 178 g/mol. The van der Waals surface area contributed by atoms with Gasteiger partial charge in [-0.1, -0.05) is 18.2 Å². The Morgan fingerprint density at radius 2 is 2.07 bits per heavy atom. The first-order valence-electron chi connectivity index (χ1n) is 4.32. The van der Waals surface area contributed by atoms with Gasteiger partial charge in [0, 0.05) is 11.5 Å². The van der Waals surface area contributed by atoms with Crippen LogP contribution in [0.4, 0.5) is 0 Å². The molecule has 14 heavy (non-hydrogen) atoms. The maximum Gasteiger partial charge on any atom is 0.214 e. The second kappa shape index (κ2) is 3.87. The van der Waals surface area contributed by atoms with Gasteiger partial charge in [-0.15, -0.1) is 0 Å². The van der Waals surface area contributed by atoms with Crippen LogP contribution in [0.3, 0.4) is 0 Å². The van der Waals surface area contributed by atoms with Gasteiger partial charge in [0.15, 0.2) is 6.29 Å². The molecule has 0 spiro atoms. The Labute approximate surface area is 81.3 Å². The van der Waals surface area contributed by atoms with Crippen molar-refractivity contribution < 1.29 is 9.53 Å². The molecule has 0 saturated carbocycles. The van der Waals surface area contributed by atoms with Crippen molar-refractivity contribution in [3.05, 3.63) is 36.4 Å². The number of rotatable bonds is 3. The Hall–Kier alpha value is -1.90. The van der Waals surface area contributed by atoms with Crippen LogP contribution in [-0.2, 0) is 4.79 Å². The van der Waals surface area contributed by atoms with Gasteiger partial charge < -0.3 is 4.74 Å². The van der Waals surface area contributed by atoms with Gasteiger partial charge in [-0.05, 0) is 12.1 Å². The highest BCUT2D eigenvalue weighted by Gasteiger charge is 1.97. The number of fused-ring (bicyclic) bond motifs is 1. The average molecular weight is 187 g/mol. The molecule has 2 aromatic rings. The lowest BCUT2D eigenvalue weighted by molar-refractivity contribution is -0.109. The van der Waals surface area contributed by atoms with Gasteiger partial charge in [0.05, 0.1) is 5.52 Å². The fraction of sp³-hybridized carbons (Fsp3) is 0.0909. The smallest absolute Gasteiger partial charge is 0.214 e. The maximum atomic E-state index is 10.1. The van der Waals surface area contributed by atoms with Crippen LogP contribution in [0.1, 0.15) is 0 Å². The minimum Gasteiger partial charge on any atom is -0.470 e. The van der Waals surface area contributed by atoms with Crippen LogP contribution in [0, 0.1) is 0 Å². The summed E-state index contributed by atoms with van der Waals surface area (Å²) in [6, 6.07) is 11.4. The lowest BCUT2D eigenvalue weighted by Gasteiger charge is -2.02. The summed E-state index contributed by atoms with van der Waals surface area (Å²) in [5.74, 6) is 0.482. The highest BCUT2D eigenvalue weighted by Crippen LogP contribution is 2.15. The minimum atomic E-state index is 0.0470. The summed E-state index contributed by atoms with van der Waals surface area (Å²) in [5.41, 5.74) is 0.871. The molecule has 1 heterocycles. The summed E-state index contributed by atoms with van der Waals surface area (Å²) in [4.78, 5) is 14.3. The Balaban J connectivity index is 2.36. The van der Waals surface area contributed by atoms with E-state index in [1.54, 1.807) is 6.07 Å². The van der Waals surface area contributed by atoms with Crippen molar-refractivity contribution in [2.45, 2.75) is 0 Å². The number of para-hydroxylation sites is 1. The summed E-state index contributed by atoms with van der Waals surface area (Å²) in [6.07, 6.45) is 0.705. The molecule has 0 bridgehead atoms. The van der Waals surface area contributed by atoms with Crippen molar-refractivity contribution in [3.63, 3.8) is 0 Å². The van der Waals surface area contributed by atoms with Crippen LogP contribution < -0.4 is 4.74 Å². The van der Waals surface area contributed by atoms with Crippen molar-refractivity contribution in [1.82, 2.24) is 4.98 Å². The third kappa shape index (κ3) is 1.71. The second-order valence-electron chi connectivity index (χ2n) is 2.82. The van der Waals surface area contributed by atoms with E-state index in [1.165, 1.54) is 0 Å². The van der Waals surface area contributed by atoms with Crippen LogP contribution in [0.5, 0.6) is 5.88 Å². The van der Waals surface area contributed by atoms with Crippen LogP contribution >= 0.6 is 0 Å². The molecule has 3 nitrogen and oxygen atoms in total. The van der Waals surface area contributed by atoms with Crippen LogP contribution in [-0.4, -0.2) is 17.9 Å². The zero-order valence-electron chi connectivity index (χ0n) is 7.51. The quantitative estimate of drug-likeness (QED) is 0.688. The van der Waals surface area contributed by atoms with Gasteiger partial charge in [0.25, 0.3) is 0 Å². The largest absolute Gasteiger partial charge is 0.470 e. The van der Waals surface area contributed by atoms with Crippen molar-refractivity contribution in [1.29, 1.82) is 0 Å². The number of hydrogen-bond acceptors (Lipinski definition) is 3. The standard InChI is InChI=1S/C11H9NO2/c13-7-8-14-11-6-5-9-3-1-2-4-10(9)12-11/h1-7H,8H2. The summed E-state index contributed by atoms with van der Waals surface area (Å²) >= 11 is 0. The first-order valence-corrected chi connectivity index (χ1v) is 4.32. The molecule has 3 heteroatoms. The predicted molar refractivity (Wildman–Crippen MR) is 53.3 cm³/mol. The van der Waals surface area contributed by atoms with E-state index in [0.717, 1.165) is 10.9 Å². The zero-order valence-corrected chi connectivity index (χ0v) is 7.51. The molecule has 0 unspecified atom stereocenters. The zero-order chi connectivity index (χ0) is 9.80. The van der Waals surface area contributed by atoms with Crippen molar-refractivity contribution >= 4 is 17.2 Å². The number of benzene rings is 1. The number of ether oxygens (including phenoxy) is 1. The third-order valence-electron chi connectivity index (χ3n) is 1.87. The van der Waals surface area contributed by atoms with E-state index in [1.807, 2.05) is 30.3 Å². The van der Waals surface area contributed by atoms with E-state index in [2.05, 4.69) is 4.98 Å². The Morgan fingerprint density at radius 1 is 1.21 bits per heavy atom. The van der Waals surface area contributed by atoms with Gasteiger partial charge in [0.2, 0.25) is 5.88 Å². The normalized spacial score (nSPS) is 10.0. The molecular formula is C11H9NO2. The van der Waals surface area contributed by atoms with Gasteiger partial charge in [-0.3, -0.25) is 4.79 Å². The number of pyridine rings is 1. The second-order valence-corrected chi connectivity index (χ2v) is 2.82. The Morgan fingerprint density at radius 3 is 2.93 bits per heavy atom. The monoisotopic (exact) mass is 187 g/mol. The van der Waals surface area contributed by atoms with Gasteiger partial charge in [0.1, 0.15) is 6.61 Å². The molecule has 70 valence electrons. The summed E-state index contributed by atoms with van der Waals surface area (Å²) < 4.78 is 5.08. The van der Waals surface area contributed by atoms with Crippen LogP contribution in [0.25, 0.3) is 10.9 Å². The number of aldehydes is 1. The molecule has 1 aromatic heterocycles. The van der Waals surface area contributed by atoms with E-state index >= 15 is 0 Å². The molecule has 0 aliphatic heterocycles. The van der Waals surface area contributed by atoms with E-state index < -0.39 is 0 Å². The Bertz CT molecular complexity index is 454. The van der Waals surface area contributed by atoms with E-state index in [4.69, 9.17) is 4.74 Å². The number of aromatic nitrogens is 1. The molecule has 0 saturated heterocycles. The molecule has 0 radical (unpaired) electrons. The van der Waals surface area contributed by atoms with Crippen molar-refractivity contribution in [3.8, 4) is 5.88 Å². The predicted octanol–water partition coefficient (Wildman–Crippen LogP) is 1.81. The number of nitrogens with zero attached hydrogens (tertiary/aromatic N) is 1. The van der Waals surface area contributed by atoms with E-state index in [9.17, 15) is 4.79 Å². The fourth-order valence-electron chi connectivity index (χ4n) is 1.25. The minimum absolute atomic E-state index is 0.0470. The van der Waals surface area contributed by atoms with E-state index in [0.29, 0.717) is 12.2 Å². The molecule has 2 rings (SSSR count). The molecule has 0 aliphatic rings. The van der Waals surface area contributed by atoms with E-state index in [-0.39, 0.29) is 6.61 Å². The summed E-state index contributed by atoms with van der Waals surface area (Å²) in [7, 11) is 0. The first-order chi connectivity index (χ1) is 6.90. The van der Waals surface area contributed by atoms with Crippen LogP contribution in [0.2, 0.25) is 0 Å². The first kappa shape index (κ1) is 8.69. The summed E-state index contributed by atoms with van der Waals surface area (Å²) in [6.45, 7) is 0.0470. The average Bonchev–Trinajstić information content (AvgIpc) is 2.26. The molecule has 0 amide bonds. The van der Waals surface area contributed by atoms with Crippen LogP contribution in [0.15, 0.2) is 36.4 Å². The maximum absolute atomic E-state index is 10.1. The lowest BCUT2D eigenvalue weighted by atomic mass is 10.2. The molecule has 1 aromatic carbocycles. The van der Waals surface area contributed by atoms with Gasteiger partial charge >= 0.3 is 0 Å². The SMILES string of the molecule is O=CCOc1ccc2ccccc2n1. The molecule has 0 N–H and O–H groups in total. The van der Waals surface area contributed by atoms with Crippen molar-refractivity contribution in [2.24, 2.45) is 0 Å². The number of carbonyl (C=O) groups is 1. The van der Waals surface area contributed by atoms with Gasteiger partial charge in [-0.2, -0.15) is 0 Å². The lowest BCUT2D eigenvalue weighted by Crippen LogP contribution is -1.99. The third-order valence-corrected chi connectivity index (χ3v) is 1.87. The fourth-order valence-corrected chi connectivity index (χ4v) is 1.25. The summed E-state index contributed by atoms with van der Waals surface area (Å²) in [5, 5.41) is 1.06. The number of hydrogen-bond donors (Lipinski definition) is 0. The van der Waals surface area contributed by atoms with Gasteiger partial charge in [-0.25, -0.2) is 4.98 Å². The number of carbonyl (C=O) groups excluding carboxylic acids is 1. The Kier molecular flexibility index (Phi) is 2.40. The molecule has 0 atom stereocenters. The molecule has 0 aliphatic carbocycles. The highest BCUT2D eigenvalue weighted by molar-refractivity contribution is 5.78. The van der Waals surface area contributed by atoms with Crippen molar-refractivity contribution in [2.75, 3.05) is 6.61 Å². The highest BCUT2D eigenvalue weighted by atomic mass is 16.5.